The molecule has 1 aliphatic heterocycles. The molecule has 140 valence electrons. The summed E-state index contributed by atoms with van der Waals surface area (Å²) in [5, 5.41) is 5.96. The molecule has 0 spiro atoms. The third-order valence-electron chi connectivity index (χ3n) is 4.29. The number of carbonyl (C=O) groups excluding carboxylic acids is 3. The van der Waals surface area contributed by atoms with E-state index in [9.17, 15) is 14.4 Å². The van der Waals surface area contributed by atoms with Gasteiger partial charge in [-0.05, 0) is 35.4 Å². The number of benzene rings is 2. The van der Waals surface area contributed by atoms with Gasteiger partial charge >= 0.3 is 0 Å². The van der Waals surface area contributed by atoms with Gasteiger partial charge in [0.25, 0.3) is 0 Å². The van der Waals surface area contributed by atoms with Crippen LogP contribution in [0.1, 0.15) is 24.5 Å². The molecular weight excluding hydrogens is 366 g/mol. The van der Waals surface area contributed by atoms with E-state index in [2.05, 4.69) is 10.6 Å². The molecule has 2 aromatic carbocycles. The average Bonchev–Trinajstić information content (AvgIpc) is 2.91. The van der Waals surface area contributed by atoms with Gasteiger partial charge < -0.3 is 15.5 Å². The van der Waals surface area contributed by atoms with Crippen molar-refractivity contribution in [2.45, 2.75) is 26.3 Å². The number of carbonyl (C=O) groups is 3. The first-order valence-corrected chi connectivity index (χ1v) is 9.02. The molecule has 27 heavy (non-hydrogen) atoms. The summed E-state index contributed by atoms with van der Waals surface area (Å²) in [7, 11) is 0. The lowest BCUT2D eigenvalue weighted by Gasteiger charge is -2.18. The van der Waals surface area contributed by atoms with E-state index in [0.717, 1.165) is 16.8 Å². The Bertz CT molecular complexity index is 881. The number of nitrogens with zero attached hydrogens (tertiary/aromatic N) is 1. The van der Waals surface area contributed by atoms with E-state index in [1.165, 1.54) is 6.92 Å². The molecule has 7 heteroatoms. The second-order valence-corrected chi connectivity index (χ2v) is 6.84. The van der Waals surface area contributed by atoms with E-state index in [-0.39, 0.29) is 24.1 Å². The molecule has 0 saturated heterocycles. The number of fused-ring (bicyclic) bond motifs is 1. The molecule has 0 unspecified atom stereocenters. The topological polar surface area (TPSA) is 78.5 Å². The van der Waals surface area contributed by atoms with Crippen LogP contribution in [0.2, 0.25) is 5.02 Å². The molecule has 0 radical (unpaired) electrons. The fraction of sp³-hybridized carbons (Fsp3) is 0.250. The lowest BCUT2D eigenvalue weighted by Crippen LogP contribution is -2.26. The van der Waals surface area contributed by atoms with Gasteiger partial charge in [-0.2, -0.15) is 0 Å². The summed E-state index contributed by atoms with van der Waals surface area (Å²) < 4.78 is 0. The normalized spacial score (nSPS) is 12.7. The average molecular weight is 386 g/mol. The summed E-state index contributed by atoms with van der Waals surface area (Å²) in [6.45, 7) is 2.16. The zero-order valence-electron chi connectivity index (χ0n) is 14.9. The monoisotopic (exact) mass is 385 g/mol. The van der Waals surface area contributed by atoms with Crippen molar-refractivity contribution >= 4 is 40.7 Å². The van der Waals surface area contributed by atoms with Gasteiger partial charge in [-0.3, -0.25) is 14.4 Å². The standard InChI is InChI=1S/C20H20ClN3O3/c1-13(25)22-9-8-19(26)23-17-6-2-14(3-7-17)12-24-18-11-16(21)5-4-15(18)10-20(24)27/h2-7,11H,8-10,12H2,1H3,(H,22,25)(H,23,26). The van der Waals surface area contributed by atoms with Gasteiger partial charge in [0.05, 0.1) is 13.0 Å². The predicted molar refractivity (Wildman–Crippen MR) is 105 cm³/mol. The van der Waals surface area contributed by atoms with Gasteiger partial charge in [-0.1, -0.05) is 29.8 Å². The number of hydrogen-bond donors (Lipinski definition) is 2. The molecule has 0 aliphatic carbocycles. The third kappa shape index (κ3) is 4.86. The first-order chi connectivity index (χ1) is 12.9. The summed E-state index contributed by atoms with van der Waals surface area (Å²) in [5.74, 6) is -0.288. The maximum atomic E-state index is 12.3. The number of anilines is 2. The van der Waals surface area contributed by atoms with E-state index < -0.39 is 0 Å². The van der Waals surface area contributed by atoms with Crippen LogP contribution in [-0.2, 0) is 27.3 Å². The summed E-state index contributed by atoms with van der Waals surface area (Å²) in [6, 6.07) is 12.8. The molecule has 0 fully saturated rings. The van der Waals surface area contributed by atoms with Gasteiger partial charge in [0.1, 0.15) is 0 Å². The SMILES string of the molecule is CC(=O)NCCC(=O)Nc1ccc(CN2C(=O)Cc3ccc(Cl)cc32)cc1. The summed E-state index contributed by atoms with van der Waals surface area (Å²) in [4.78, 5) is 36.7. The van der Waals surface area contributed by atoms with Crippen molar-refractivity contribution in [3.63, 3.8) is 0 Å². The van der Waals surface area contributed by atoms with Crippen LogP contribution in [0.5, 0.6) is 0 Å². The highest BCUT2D eigenvalue weighted by molar-refractivity contribution is 6.31. The van der Waals surface area contributed by atoms with Crippen LogP contribution >= 0.6 is 11.6 Å². The molecule has 0 saturated carbocycles. The van der Waals surface area contributed by atoms with Crippen LogP contribution < -0.4 is 15.5 Å². The lowest BCUT2D eigenvalue weighted by atomic mass is 10.1. The summed E-state index contributed by atoms with van der Waals surface area (Å²) >= 11 is 6.06. The van der Waals surface area contributed by atoms with Gasteiger partial charge in [-0.25, -0.2) is 0 Å². The Morgan fingerprint density at radius 3 is 2.59 bits per heavy atom. The van der Waals surface area contributed by atoms with Crippen molar-refractivity contribution in [1.82, 2.24) is 5.32 Å². The van der Waals surface area contributed by atoms with Crippen molar-refractivity contribution in [3.05, 3.63) is 58.6 Å². The molecule has 0 bridgehead atoms. The van der Waals surface area contributed by atoms with E-state index in [0.29, 0.717) is 30.2 Å². The molecule has 3 rings (SSSR count). The zero-order valence-corrected chi connectivity index (χ0v) is 15.7. The number of rotatable bonds is 6. The molecule has 1 aliphatic rings. The Balaban J connectivity index is 1.60. The van der Waals surface area contributed by atoms with Crippen molar-refractivity contribution in [3.8, 4) is 0 Å². The number of amides is 3. The number of halogens is 1. The van der Waals surface area contributed by atoms with Crippen LogP contribution in [-0.4, -0.2) is 24.3 Å². The second kappa shape index (κ2) is 8.22. The number of nitrogens with one attached hydrogen (secondary N) is 2. The molecule has 3 amide bonds. The van der Waals surface area contributed by atoms with Gasteiger partial charge in [0.15, 0.2) is 0 Å². The largest absolute Gasteiger partial charge is 0.356 e. The van der Waals surface area contributed by atoms with Gasteiger partial charge in [-0.15, -0.1) is 0 Å². The number of hydrogen-bond acceptors (Lipinski definition) is 3. The highest BCUT2D eigenvalue weighted by Crippen LogP contribution is 2.32. The lowest BCUT2D eigenvalue weighted by molar-refractivity contribution is -0.119. The van der Waals surface area contributed by atoms with E-state index in [4.69, 9.17) is 11.6 Å². The Hall–Kier alpha value is -2.86. The van der Waals surface area contributed by atoms with Crippen LogP contribution in [0.3, 0.4) is 0 Å². The third-order valence-corrected chi connectivity index (χ3v) is 4.52. The van der Waals surface area contributed by atoms with Crippen LogP contribution in [0, 0.1) is 0 Å². The highest BCUT2D eigenvalue weighted by Gasteiger charge is 2.27. The first-order valence-electron chi connectivity index (χ1n) is 8.64. The molecule has 6 nitrogen and oxygen atoms in total. The predicted octanol–water partition coefficient (Wildman–Crippen LogP) is 2.89. The minimum atomic E-state index is -0.171. The van der Waals surface area contributed by atoms with Crippen molar-refractivity contribution in [1.29, 1.82) is 0 Å². The zero-order chi connectivity index (χ0) is 19.4. The fourth-order valence-corrected chi connectivity index (χ4v) is 3.12. The maximum absolute atomic E-state index is 12.3. The highest BCUT2D eigenvalue weighted by atomic mass is 35.5. The molecule has 2 N–H and O–H groups in total. The van der Waals surface area contributed by atoms with Crippen LogP contribution in [0.4, 0.5) is 11.4 Å². The Morgan fingerprint density at radius 2 is 1.89 bits per heavy atom. The van der Waals surface area contributed by atoms with Crippen LogP contribution in [0.25, 0.3) is 0 Å². The van der Waals surface area contributed by atoms with Gasteiger partial charge in [0, 0.05) is 36.3 Å². The second-order valence-electron chi connectivity index (χ2n) is 6.41. The molecule has 2 aromatic rings. The minimum absolute atomic E-state index is 0.0441. The molecule has 0 atom stereocenters. The Kier molecular flexibility index (Phi) is 5.76. The van der Waals surface area contributed by atoms with Crippen molar-refractivity contribution in [2.24, 2.45) is 0 Å². The quantitative estimate of drug-likeness (QED) is 0.802. The Morgan fingerprint density at radius 1 is 1.15 bits per heavy atom. The minimum Gasteiger partial charge on any atom is -0.356 e. The van der Waals surface area contributed by atoms with Crippen molar-refractivity contribution < 1.29 is 14.4 Å². The summed E-state index contributed by atoms with van der Waals surface area (Å²) in [5.41, 5.74) is 3.45. The summed E-state index contributed by atoms with van der Waals surface area (Å²) in [6.07, 6.45) is 0.593. The smallest absolute Gasteiger partial charge is 0.231 e. The van der Waals surface area contributed by atoms with E-state index in [1.54, 1.807) is 23.1 Å². The first kappa shape index (κ1) is 18.9. The van der Waals surface area contributed by atoms with Crippen LogP contribution in [0.15, 0.2) is 42.5 Å². The van der Waals surface area contributed by atoms with E-state index >= 15 is 0 Å². The Labute approximate surface area is 162 Å². The van der Waals surface area contributed by atoms with Gasteiger partial charge in [0.2, 0.25) is 17.7 Å². The van der Waals surface area contributed by atoms with Crippen molar-refractivity contribution in [2.75, 3.05) is 16.8 Å². The molecule has 1 heterocycles. The molecule has 0 aromatic heterocycles. The van der Waals surface area contributed by atoms with E-state index in [1.807, 2.05) is 24.3 Å². The maximum Gasteiger partial charge on any atom is 0.231 e. The fourth-order valence-electron chi connectivity index (χ4n) is 2.96. The molecular formula is C20H20ClN3O3.